The Morgan fingerprint density at radius 2 is 2.06 bits per heavy atom. The van der Waals surface area contributed by atoms with Crippen molar-refractivity contribution in [1.82, 2.24) is 4.98 Å². The van der Waals surface area contributed by atoms with Gasteiger partial charge in [-0.1, -0.05) is 18.2 Å². The Morgan fingerprint density at radius 1 is 1.33 bits per heavy atom. The molecular weight excluding hydrogens is 232 g/mol. The Labute approximate surface area is 104 Å². The smallest absolute Gasteiger partial charge is 0.355 e. The lowest BCUT2D eigenvalue weighted by atomic mass is 10.0. The molecule has 1 aromatic carbocycles. The van der Waals surface area contributed by atoms with E-state index in [2.05, 4.69) is 4.98 Å². The van der Waals surface area contributed by atoms with Gasteiger partial charge in [-0.25, -0.2) is 9.78 Å². The van der Waals surface area contributed by atoms with Crippen LogP contribution in [0.4, 0.5) is 5.69 Å². The average Bonchev–Trinajstić information content (AvgIpc) is 2.38. The second-order valence-corrected chi connectivity index (χ2v) is 3.67. The number of nitrogens with zero attached hydrogens (tertiary/aromatic N) is 1. The van der Waals surface area contributed by atoms with E-state index in [-0.39, 0.29) is 5.69 Å². The minimum atomic E-state index is -1.10. The maximum Gasteiger partial charge on any atom is 0.355 e. The predicted molar refractivity (Wildman–Crippen MR) is 67.6 cm³/mol. The standard InChI is InChI=1S/C13H12N2O3/c1-18-11-5-3-2-4-9(11)10-6-8(14)7-15-12(10)13(16)17/h2-7H,14H2,1H3,(H,16,17). The topological polar surface area (TPSA) is 85.4 Å². The molecule has 0 aliphatic rings. The highest BCUT2D eigenvalue weighted by Gasteiger charge is 2.16. The van der Waals surface area contributed by atoms with E-state index in [4.69, 9.17) is 15.6 Å². The van der Waals surface area contributed by atoms with Crippen molar-refractivity contribution in [2.75, 3.05) is 12.8 Å². The number of para-hydroxylation sites is 1. The quantitative estimate of drug-likeness (QED) is 0.862. The molecule has 0 amide bonds. The van der Waals surface area contributed by atoms with Crippen molar-refractivity contribution in [1.29, 1.82) is 0 Å². The Balaban J connectivity index is 2.69. The first kappa shape index (κ1) is 11.9. The number of rotatable bonds is 3. The highest BCUT2D eigenvalue weighted by Crippen LogP contribution is 2.32. The third kappa shape index (κ3) is 2.10. The van der Waals surface area contributed by atoms with Gasteiger partial charge >= 0.3 is 5.97 Å². The van der Waals surface area contributed by atoms with Crippen LogP contribution in [0.3, 0.4) is 0 Å². The normalized spacial score (nSPS) is 10.1. The van der Waals surface area contributed by atoms with Crippen LogP contribution in [-0.2, 0) is 0 Å². The van der Waals surface area contributed by atoms with Crippen molar-refractivity contribution in [2.45, 2.75) is 0 Å². The molecule has 0 aliphatic heterocycles. The van der Waals surface area contributed by atoms with E-state index in [9.17, 15) is 4.79 Å². The fourth-order valence-corrected chi connectivity index (χ4v) is 1.72. The number of hydrogen-bond acceptors (Lipinski definition) is 4. The second kappa shape index (κ2) is 4.75. The van der Waals surface area contributed by atoms with Crippen molar-refractivity contribution in [3.8, 4) is 16.9 Å². The number of benzene rings is 1. The van der Waals surface area contributed by atoms with Crippen molar-refractivity contribution in [3.63, 3.8) is 0 Å². The molecule has 0 aliphatic carbocycles. The second-order valence-electron chi connectivity index (χ2n) is 3.67. The van der Waals surface area contributed by atoms with Crippen LogP contribution >= 0.6 is 0 Å². The largest absolute Gasteiger partial charge is 0.496 e. The Hall–Kier alpha value is -2.56. The first-order chi connectivity index (χ1) is 8.63. The monoisotopic (exact) mass is 244 g/mol. The fraction of sp³-hybridized carbons (Fsp3) is 0.0769. The molecule has 3 N–H and O–H groups in total. The van der Waals surface area contributed by atoms with Crippen LogP contribution in [0.1, 0.15) is 10.5 Å². The number of ether oxygens (including phenoxy) is 1. The molecule has 2 rings (SSSR count). The molecule has 0 saturated heterocycles. The molecule has 5 heteroatoms. The van der Waals surface area contributed by atoms with Gasteiger partial charge in [0.2, 0.25) is 0 Å². The van der Waals surface area contributed by atoms with Gasteiger partial charge in [0.05, 0.1) is 19.0 Å². The maximum absolute atomic E-state index is 11.2. The number of carboxylic acid groups (broad SMARTS) is 1. The number of anilines is 1. The van der Waals surface area contributed by atoms with Gasteiger partial charge in [0.15, 0.2) is 5.69 Å². The van der Waals surface area contributed by atoms with E-state index in [0.717, 1.165) is 0 Å². The van der Waals surface area contributed by atoms with Crippen LogP contribution in [0.2, 0.25) is 0 Å². The highest BCUT2D eigenvalue weighted by atomic mass is 16.5. The van der Waals surface area contributed by atoms with Crippen molar-refractivity contribution >= 4 is 11.7 Å². The summed E-state index contributed by atoms with van der Waals surface area (Å²) in [5, 5.41) is 9.14. The first-order valence-corrected chi connectivity index (χ1v) is 5.25. The number of carbonyl (C=O) groups is 1. The number of pyridine rings is 1. The molecule has 18 heavy (non-hydrogen) atoms. The van der Waals surface area contributed by atoms with Crippen molar-refractivity contribution in [2.24, 2.45) is 0 Å². The maximum atomic E-state index is 11.2. The first-order valence-electron chi connectivity index (χ1n) is 5.25. The molecule has 92 valence electrons. The van der Waals surface area contributed by atoms with Gasteiger partial charge in [0.1, 0.15) is 5.75 Å². The molecular formula is C13H12N2O3. The van der Waals surface area contributed by atoms with E-state index in [1.807, 2.05) is 6.07 Å². The summed E-state index contributed by atoms with van der Waals surface area (Å²) >= 11 is 0. The third-order valence-corrected chi connectivity index (χ3v) is 2.51. The molecule has 0 unspecified atom stereocenters. The van der Waals surface area contributed by atoms with Gasteiger partial charge in [-0.05, 0) is 12.1 Å². The zero-order chi connectivity index (χ0) is 13.1. The summed E-state index contributed by atoms with van der Waals surface area (Å²) in [6.07, 6.45) is 1.32. The van der Waals surface area contributed by atoms with E-state index in [0.29, 0.717) is 22.6 Å². The van der Waals surface area contributed by atoms with Crippen LogP contribution in [0.25, 0.3) is 11.1 Å². The van der Waals surface area contributed by atoms with Gasteiger partial charge in [-0.3, -0.25) is 0 Å². The number of aromatic nitrogens is 1. The highest BCUT2D eigenvalue weighted by molar-refractivity contribution is 5.95. The summed E-state index contributed by atoms with van der Waals surface area (Å²) in [7, 11) is 1.53. The Kier molecular flexibility index (Phi) is 3.14. The lowest BCUT2D eigenvalue weighted by Gasteiger charge is -2.10. The minimum absolute atomic E-state index is 0.0475. The summed E-state index contributed by atoms with van der Waals surface area (Å²) < 4.78 is 5.21. The zero-order valence-corrected chi connectivity index (χ0v) is 9.75. The molecule has 0 bridgehead atoms. The van der Waals surface area contributed by atoms with E-state index in [1.165, 1.54) is 13.3 Å². The number of nitrogen functional groups attached to an aromatic ring is 1. The summed E-state index contributed by atoms with van der Waals surface area (Å²) in [6, 6.07) is 8.70. The van der Waals surface area contributed by atoms with Crippen molar-refractivity contribution < 1.29 is 14.6 Å². The molecule has 2 aromatic rings. The SMILES string of the molecule is COc1ccccc1-c1cc(N)cnc1C(=O)O. The van der Waals surface area contributed by atoms with Gasteiger partial charge < -0.3 is 15.6 Å². The summed E-state index contributed by atoms with van der Waals surface area (Å²) in [4.78, 5) is 15.0. The molecule has 0 spiro atoms. The number of aromatic carboxylic acids is 1. The van der Waals surface area contributed by atoms with Crippen molar-refractivity contribution in [3.05, 3.63) is 42.2 Å². The minimum Gasteiger partial charge on any atom is -0.496 e. The molecule has 0 radical (unpaired) electrons. The van der Waals surface area contributed by atoms with Gasteiger partial charge in [-0.2, -0.15) is 0 Å². The van der Waals surface area contributed by atoms with Crippen LogP contribution in [0, 0.1) is 0 Å². The summed E-state index contributed by atoms with van der Waals surface area (Å²) in [6.45, 7) is 0. The lowest BCUT2D eigenvalue weighted by molar-refractivity contribution is 0.0691. The molecule has 0 atom stereocenters. The molecule has 5 nitrogen and oxygen atoms in total. The third-order valence-electron chi connectivity index (χ3n) is 2.51. The number of methoxy groups -OCH3 is 1. The predicted octanol–water partition coefficient (Wildman–Crippen LogP) is 2.04. The lowest BCUT2D eigenvalue weighted by Crippen LogP contribution is -2.04. The van der Waals surface area contributed by atoms with Crippen LogP contribution < -0.4 is 10.5 Å². The van der Waals surface area contributed by atoms with Gasteiger partial charge in [0, 0.05) is 11.1 Å². The Bertz CT molecular complexity index is 597. The van der Waals surface area contributed by atoms with E-state index >= 15 is 0 Å². The average molecular weight is 244 g/mol. The number of nitrogens with two attached hydrogens (primary N) is 1. The van der Waals surface area contributed by atoms with E-state index < -0.39 is 5.97 Å². The number of hydrogen-bond donors (Lipinski definition) is 2. The molecule has 0 fully saturated rings. The molecule has 1 aromatic heterocycles. The van der Waals surface area contributed by atoms with Crippen LogP contribution in [0.5, 0.6) is 5.75 Å². The fourth-order valence-electron chi connectivity index (χ4n) is 1.72. The van der Waals surface area contributed by atoms with Crippen LogP contribution in [0.15, 0.2) is 36.5 Å². The number of carboxylic acids is 1. The van der Waals surface area contributed by atoms with E-state index in [1.54, 1.807) is 24.3 Å². The summed E-state index contributed by atoms with van der Waals surface area (Å²) in [5.74, 6) is -0.525. The zero-order valence-electron chi connectivity index (χ0n) is 9.75. The van der Waals surface area contributed by atoms with Gasteiger partial charge in [0.25, 0.3) is 0 Å². The Morgan fingerprint density at radius 3 is 2.72 bits per heavy atom. The molecule has 1 heterocycles. The summed E-state index contributed by atoms with van der Waals surface area (Å²) in [5.41, 5.74) is 7.11. The van der Waals surface area contributed by atoms with Gasteiger partial charge in [-0.15, -0.1) is 0 Å². The molecule has 0 saturated carbocycles. The van der Waals surface area contributed by atoms with Crippen LogP contribution in [-0.4, -0.2) is 23.2 Å².